The molecule has 1 N–H and O–H groups in total. The van der Waals surface area contributed by atoms with Gasteiger partial charge in [-0.05, 0) is 19.1 Å². The molecule has 5 heteroatoms. The van der Waals surface area contributed by atoms with Crippen LogP contribution in [0.1, 0.15) is 13.3 Å². The van der Waals surface area contributed by atoms with Crippen molar-refractivity contribution >= 4 is 11.6 Å². The van der Waals surface area contributed by atoms with E-state index in [1.54, 1.807) is 25.1 Å². The van der Waals surface area contributed by atoms with Crippen molar-refractivity contribution in [1.29, 1.82) is 5.26 Å². The topological polar surface area (TPSA) is 71.4 Å². The summed E-state index contributed by atoms with van der Waals surface area (Å²) in [7, 11) is 0. The van der Waals surface area contributed by atoms with Crippen molar-refractivity contribution in [1.82, 2.24) is 0 Å². The second-order valence-corrected chi connectivity index (χ2v) is 4.14. The number of anilines is 1. The number of fused-ring (bicyclic) bond motifs is 1. The van der Waals surface area contributed by atoms with Crippen LogP contribution in [0.5, 0.6) is 11.5 Å². The molecule has 0 saturated carbocycles. The van der Waals surface area contributed by atoms with Crippen molar-refractivity contribution < 1.29 is 14.3 Å². The van der Waals surface area contributed by atoms with E-state index in [9.17, 15) is 4.79 Å². The third-order valence-electron chi connectivity index (χ3n) is 2.54. The van der Waals surface area contributed by atoms with Gasteiger partial charge in [0.25, 0.3) is 0 Å². The average Bonchev–Trinajstić information content (AvgIpc) is 2.38. The minimum atomic E-state index is -0.290. The number of amides is 1. The highest BCUT2D eigenvalue weighted by atomic mass is 16.6. The highest BCUT2D eigenvalue weighted by Crippen LogP contribution is 2.32. The van der Waals surface area contributed by atoms with Crippen LogP contribution in [-0.4, -0.2) is 19.1 Å². The maximum Gasteiger partial charge on any atom is 0.225 e. The third kappa shape index (κ3) is 2.92. The normalized spacial score (nSPS) is 14.4. The molecule has 5 nitrogen and oxygen atoms in total. The summed E-state index contributed by atoms with van der Waals surface area (Å²) in [6.45, 7) is 2.76. The van der Waals surface area contributed by atoms with Gasteiger partial charge < -0.3 is 14.8 Å². The quantitative estimate of drug-likeness (QED) is 0.884. The first kappa shape index (κ1) is 12.2. The molecule has 1 aromatic rings. The van der Waals surface area contributed by atoms with Gasteiger partial charge in [0.15, 0.2) is 11.5 Å². The second kappa shape index (κ2) is 5.41. The second-order valence-electron chi connectivity index (χ2n) is 4.14. The van der Waals surface area contributed by atoms with E-state index in [2.05, 4.69) is 5.32 Å². The molecule has 0 saturated heterocycles. The Morgan fingerprint density at radius 1 is 1.44 bits per heavy atom. The average molecular weight is 246 g/mol. The van der Waals surface area contributed by atoms with Crippen LogP contribution >= 0.6 is 0 Å². The molecule has 0 aliphatic carbocycles. The Kier molecular flexibility index (Phi) is 3.68. The number of ether oxygens (including phenoxy) is 2. The molecule has 1 aliphatic rings. The molecule has 0 aromatic heterocycles. The van der Waals surface area contributed by atoms with Crippen molar-refractivity contribution in [2.24, 2.45) is 5.92 Å². The fraction of sp³-hybridized carbons (Fsp3) is 0.385. The van der Waals surface area contributed by atoms with Gasteiger partial charge in [0, 0.05) is 18.2 Å². The molecule has 18 heavy (non-hydrogen) atoms. The zero-order valence-electron chi connectivity index (χ0n) is 10.1. The van der Waals surface area contributed by atoms with E-state index >= 15 is 0 Å². The minimum Gasteiger partial charge on any atom is -0.486 e. The van der Waals surface area contributed by atoms with Gasteiger partial charge in [-0.3, -0.25) is 4.79 Å². The predicted molar refractivity (Wildman–Crippen MR) is 65.5 cm³/mol. The van der Waals surface area contributed by atoms with Gasteiger partial charge in [0.05, 0.1) is 12.0 Å². The van der Waals surface area contributed by atoms with Crippen LogP contribution in [-0.2, 0) is 4.79 Å². The number of nitrogens with zero attached hydrogens (tertiary/aromatic N) is 1. The number of hydrogen-bond acceptors (Lipinski definition) is 4. The maximum absolute atomic E-state index is 11.6. The molecule has 2 rings (SSSR count). The van der Waals surface area contributed by atoms with Crippen LogP contribution in [0, 0.1) is 17.2 Å². The summed E-state index contributed by atoms with van der Waals surface area (Å²) in [4.78, 5) is 11.6. The fourth-order valence-corrected chi connectivity index (χ4v) is 1.66. The Labute approximate surface area is 105 Å². The highest BCUT2D eigenvalue weighted by Gasteiger charge is 2.13. The van der Waals surface area contributed by atoms with Crippen molar-refractivity contribution in [3.05, 3.63) is 18.2 Å². The van der Waals surface area contributed by atoms with Crippen molar-refractivity contribution in [2.45, 2.75) is 13.3 Å². The van der Waals surface area contributed by atoms with Crippen molar-refractivity contribution in [2.75, 3.05) is 18.5 Å². The van der Waals surface area contributed by atoms with Gasteiger partial charge in [-0.15, -0.1) is 0 Å². The van der Waals surface area contributed by atoms with Gasteiger partial charge in [0.2, 0.25) is 5.91 Å². The molecule has 0 spiro atoms. The summed E-state index contributed by atoms with van der Waals surface area (Å²) in [6.07, 6.45) is 0.185. The summed E-state index contributed by atoms with van der Waals surface area (Å²) >= 11 is 0. The van der Waals surface area contributed by atoms with Crippen LogP contribution < -0.4 is 14.8 Å². The predicted octanol–water partition coefficient (Wildman–Crippen LogP) is 1.95. The van der Waals surface area contributed by atoms with Gasteiger partial charge in [0.1, 0.15) is 13.2 Å². The summed E-state index contributed by atoms with van der Waals surface area (Å²) in [5.41, 5.74) is 0.648. The highest BCUT2D eigenvalue weighted by molar-refractivity contribution is 5.91. The first-order valence-electron chi connectivity index (χ1n) is 5.78. The largest absolute Gasteiger partial charge is 0.486 e. The molecule has 1 aromatic carbocycles. The Morgan fingerprint density at radius 2 is 2.17 bits per heavy atom. The zero-order chi connectivity index (χ0) is 13.0. The SMILES string of the molecule is CC(C#N)CC(=O)Nc1ccc2c(c1)OCCO2. The third-order valence-corrected chi connectivity index (χ3v) is 2.54. The van der Waals surface area contributed by atoms with Gasteiger partial charge in [-0.2, -0.15) is 5.26 Å². The minimum absolute atomic E-state index is 0.180. The lowest BCUT2D eigenvalue weighted by Gasteiger charge is -2.19. The molecule has 1 unspecified atom stereocenters. The molecule has 1 amide bonds. The number of rotatable bonds is 3. The van der Waals surface area contributed by atoms with Gasteiger partial charge in [-0.25, -0.2) is 0 Å². The van der Waals surface area contributed by atoms with E-state index in [-0.39, 0.29) is 18.2 Å². The first-order valence-corrected chi connectivity index (χ1v) is 5.78. The lowest BCUT2D eigenvalue weighted by atomic mass is 10.1. The van der Waals surface area contributed by atoms with Crippen LogP contribution in [0.2, 0.25) is 0 Å². The maximum atomic E-state index is 11.6. The summed E-state index contributed by atoms with van der Waals surface area (Å²) < 4.78 is 10.8. The fourth-order valence-electron chi connectivity index (χ4n) is 1.66. The molecular formula is C13H14N2O3. The van der Waals surface area contributed by atoms with E-state index in [1.165, 1.54) is 0 Å². The van der Waals surface area contributed by atoms with E-state index < -0.39 is 0 Å². The number of carbonyl (C=O) groups excluding carboxylic acids is 1. The summed E-state index contributed by atoms with van der Waals surface area (Å²) in [6, 6.07) is 7.27. The van der Waals surface area contributed by atoms with Crippen LogP contribution in [0.15, 0.2) is 18.2 Å². The molecule has 1 aliphatic heterocycles. The Morgan fingerprint density at radius 3 is 2.89 bits per heavy atom. The van der Waals surface area contributed by atoms with Crippen molar-refractivity contribution in [3.63, 3.8) is 0 Å². The lowest BCUT2D eigenvalue weighted by Crippen LogP contribution is -2.17. The Balaban J connectivity index is 2.02. The van der Waals surface area contributed by atoms with Gasteiger partial charge in [-0.1, -0.05) is 0 Å². The van der Waals surface area contributed by atoms with Crippen molar-refractivity contribution in [3.8, 4) is 17.6 Å². The molecule has 1 atom stereocenters. The molecule has 0 radical (unpaired) electrons. The van der Waals surface area contributed by atoms with Gasteiger partial charge >= 0.3 is 0 Å². The summed E-state index contributed by atoms with van der Waals surface area (Å²) in [5, 5.41) is 11.4. The number of nitrogens with one attached hydrogen (secondary N) is 1. The Bertz CT molecular complexity index is 493. The smallest absolute Gasteiger partial charge is 0.225 e. The Hall–Kier alpha value is -2.22. The standard InChI is InChI=1S/C13H14N2O3/c1-9(8-14)6-13(16)15-10-2-3-11-12(7-10)18-5-4-17-11/h2-3,7,9H,4-6H2,1H3,(H,15,16). The van der Waals surface area contributed by atoms with E-state index in [0.29, 0.717) is 30.4 Å². The van der Waals surface area contributed by atoms with Crippen LogP contribution in [0.25, 0.3) is 0 Å². The number of carbonyl (C=O) groups is 1. The number of benzene rings is 1. The van der Waals surface area contributed by atoms with Crippen LogP contribution in [0.4, 0.5) is 5.69 Å². The lowest BCUT2D eigenvalue weighted by molar-refractivity contribution is -0.116. The van der Waals surface area contributed by atoms with E-state index in [0.717, 1.165) is 0 Å². The van der Waals surface area contributed by atoms with E-state index in [4.69, 9.17) is 14.7 Å². The number of nitriles is 1. The summed E-state index contributed by atoms with van der Waals surface area (Å²) in [5.74, 6) is 0.847. The monoisotopic (exact) mass is 246 g/mol. The van der Waals surface area contributed by atoms with Crippen LogP contribution in [0.3, 0.4) is 0 Å². The number of hydrogen-bond donors (Lipinski definition) is 1. The molecule has 94 valence electrons. The zero-order valence-corrected chi connectivity index (χ0v) is 10.1. The molecule has 0 bridgehead atoms. The molecule has 0 fully saturated rings. The molecular weight excluding hydrogens is 232 g/mol. The van der Waals surface area contributed by atoms with E-state index in [1.807, 2.05) is 6.07 Å². The molecule has 1 heterocycles. The first-order chi connectivity index (χ1) is 8.69.